The summed E-state index contributed by atoms with van der Waals surface area (Å²) in [6.07, 6.45) is 1.74. The summed E-state index contributed by atoms with van der Waals surface area (Å²) in [5.74, 6) is 0. The fourth-order valence-corrected chi connectivity index (χ4v) is 1.55. The zero-order valence-electron chi connectivity index (χ0n) is 10.5. The fourth-order valence-electron chi connectivity index (χ4n) is 1.55. The third-order valence-corrected chi connectivity index (χ3v) is 2.75. The lowest BCUT2D eigenvalue weighted by Crippen LogP contribution is -2.26. The third-order valence-electron chi connectivity index (χ3n) is 2.75. The standard InChI is InChI=1S/C13H18N4/c1-13(2,3)12(14)11-9-15-17(16-11)10-7-5-4-6-8-10/h4-9,12H,14H2,1-3H3. The van der Waals surface area contributed by atoms with E-state index in [-0.39, 0.29) is 11.5 Å². The lowest BCUT2D eigenvalue weighted by Gasteiger charge is -2.24. The van der Waals surface area contributed by atoms with Crippen molar-refractivity contribution in [3.05, 3.63) is 42.2 Å². The highest BCUT2D eigenvalue weighted by atomic mass is 15.5. The summed E-state index contributed by atoms with van der Waals surface area (Å²) in [6, 6.07) is 9.71. The molecule has 0 aliphatic heterocycles. The molecule has 0 amide bonds. The minimum absolute atomic E-state index is 0.0163. The molecular formula is C13H18N4. The molecule has 17 heavy (non-hydrogen) atoms. The van der Waals surface area contributed by atoms with Gasteiger partial charge in [0.25, 0.3) is 0 Å². The van der Waals surface area contributed by atoms with Crippen molar-refractivity contribution < 1.29 is 0 Å². The maximum absolute atomic E-state index is 6.15. The molecular weight excluding hydrogens is 212 g/mol. The molecule has 2 N–H and O–H groups in total. The number of hydrogen-bond acceptors (Lipinski definition) is 3. The van der Waals surface area contributed by atoms with E-state index < -0.39 is 0 Å². The summed E-state index contributed by atoms with van der Waals surface area (Å²) >= 11 is 0. The fraction of sp³-hybridized carbons (Fsp3) is 0.385. The van der Waals surface area contributed by atoms with Crippen LogP contribution in [0.5, 0.6) is 0 Å². The molecule has 90 valence electrons. The average Bonchev–Trinajstić information content (AvgIpc) is 2.77. The monoisotopic (exact) mass is 230 g/mol. The van der Waals surface area contributed by atoms with Gasteiger partial charge in [-0.3, -0.25) is 0 Å². The highest BCUT2D eigenvalue weighted by Gasteiger charge is 2.24. The molecule has 4 heteroatoms. The van der Waals surface area contributed by atoms with Crippen LogP contribution in [0, 0.1) is 5.41 Å². The topological polar surface area (TPSA) is 56.7 Å². The van der Waals surface area contributed by atoms with Gasteiger partial charge < -0.3 is 5.73 Å². The highest BCUT2D eigenvalue weighted by molar-refractivity contribution is 5.28. The maximum atomic E-state index is 6.15. The predicted octanol–water partition coefficient (Wildman–Crippen LogP) is 2.31. The smallest absolute Gasteiger partial charge is 0.100 e. The number of rotatable bonds is 2. The second-order valence-corrected chi connectivity index (χ2v) is 5.24. The summed E-state index contributed by atoms with van der Waals surface area (Å²) < 4.78 is 0. The summed E-state index contributed by atoms with van der Waals surface area (Å²) in [4.78, 5) is 1.61. The first kappa shape index (κ1) is 11.8. The van der Waals surface area contributed by atoms with E-state index in [1.54, 1.807) is 11.0 Å². The van der Waals surface area contributed by atoms with Crippen molar-refractivity contribution in [2.24, 2.45) is 11.1 Å². The van der Waals surface area contributed by atoms with Crippen LogP contribution in [-0.4, -0.2) is 15.0 Å². The molecule has 0 bridgehead atoms. The van der Waals surface area contributed by atoms with Gasteiger partial charge in [0.05, 0.1) is 17.9 Å². The van der Waals surface area contributed by atoms with Gasteiger partial charge in [-0.2, -0.15) is 15.0 Å². The molecule has 2 aromatic rings. The first-order valence-electron chi connectivity index (χ1n) is 5.72. The SMILES string of the molecule is CC(C)(C)C(N)c1cnn(-c2ccccc2)n1. The predicted molar refractivity (Wildman–Crippen MR) is 67.7 cm³/mol. The molecule has 4 nitrogen and oxygen atoms in total. The Bertz CT molecular complexity index is 482. The van der Waals surface area contributed by atoms with E-state index >= 15 is 0 Å². The molecule has 0 aliphatic carbocycles. The molecule has 1 aromatic carbocycles. The van der Waals surface area contributed by atoms with Gasteiger partial charge in [-0.1, -0.05) is 39.0 Å². The van der Waals surface area contributed by atoms with Crippen LogP contribution in [0.1, 0.15) is 32.5 Å². The summed E-state index contributed by atoms with van der Waals surface area (Å²) in [5, 5.41) is 8.67. The third kappa shape index (κ3) is 2.53. The molecule has 2 rings (SSSR count). The van der Waals surface area contributed by atoms with Crippen LogP contribution in [0.15, 0.2) is 36.5 Å². The van der Waals surface area contributed by atoms with E-state index in [4.69, 9.17) is 5.73 Å². The van der Waals surface area contributed by atoms with Crippen LogP contribution in [0.2, 0.25) is 0 Å². The van der Waals surface area contributed by atoms with Gasteiger partial charge in [-0.05, 0) is 17.5 Å². The van der Waals surface area contributed by atoms with Crippen LogP contribution in [-0.2, 0) is 0 Å². The van der Waals surface area contributed by atoms with Crippen molar-refractivity contribution in [2.45, 2.75) is 26.8 Å². The summed E-state index contributed by atoms with van der Waals surface area (Å²) in [6.45, 7) is 6.29. The quantitative estimate of drug-likeness (QED) is 0.861. The normalized spacial score (nSPS) is 13.6. The second-order valence-electron chi connectivity index (χ2n) is 5.24. The van der Waals surface area contributed by atoms with Crippen molar-refractivity contribution in [1.82, 2.24) is 15.0 Å². The largest absolute Gasteiger partial charge is 0.322 e. The number of nitrogens with zero attached hydrogens (tertiary/aromatic N) is 3. The van der Waals surface area contributed by atoms with E-state index in [1.165, 1.54) is 0 Å². The van der Waals surface area contributed by atoms with Crippen molar-refractivity contribution in [1.29, 1.82) is 0 Å². The molecule has 0 saturated carbocycles. The second kappa shape index (κ2) is 4.30. The first-order chi connectivity index (χ1) is 7.98. The molecule has 0 fully saturated rings. The van der Waals surface area contributed by atoms with Crippen molar-refractivity contribution >= 4 is 0 Å². The number of aromatic nitrogens is 3. The first-order valence-corrected chi connectivity index (χ1v) is 5.72. The molecule has 1 unspecified atom stereocenters. The maximum Gasteiger partial charge on any atom is 0.100 e. The Labute approximate surface area is 101 Å². The molecule has 1 heterocycles. The molecule has 1 atom stereocenters. The minimum atomic E-state index is -0.111. The summed E-state index contributed by atoms with van der Waals surface area (Å²) in [5.41, 5.74) is 7.90. The van der Waals surface area contributed by atoms with Crippen molar-refractivity contribution in [3.8, 4) is 5.69 Å². The summed E-state index contributed by atoms with van der Waals surface area (Å²) in [7, 11) is 0. The van der Waals surface area contributed by atoms with Crippen molar-refractivity contribution in [2.75, 3.05) is 0 Å². The van der Waals surface area contributed by atoms with E-state index in [1.807, 2.05) is 30.3 Å². The Balaban J connectivity index is 2.28. The number of nitrogens with two attached hydrogens (primary N) is 1. The molecule has 0 saturated heterocycles. The average molecular weight is 230 g/mol. The van der Waals surface area contributed by atoms with Crippen LogP contribution in [0.4, 0.5) is 0 Å². The number of para-hydroxylation sites is 1. The Kier molecular flexibility index (Phi) is 2.98. The molecule has 0 radical (unpaired) electrons. The van der Waals surface area contributed by atoms with Gasteiger partial charge in [-0.15, -0.1) is 0 Å². The highest BCUT2D eigenvalue weighted by Crippen LogP contribution is 2.28. The molecule has 0 aliphatic rings. The number of benzene rings is 1. The van der Waals surface area contributed by atoms with Gasteiger partial charge in [0.15, 0.2) is 0 Å². The van der Waals surface area contributed by atoms with E-state index in [0.717, 1.165) is 11.4 Å². The van der Waals surface area contributed by atoms with Crippen LogP contribution >= 0.6 is 0 Å². The Morgan fingerprint density at radius 2 is 1.82 bits per heavy atom. The van der Waals surface area contributed by atoms with Crippen LogP contribution < -0.4 is 5.73 Å². The van der Waals surface area contributed by atoms with Gasteiger partial charge in [-0.25, -0.2) is 0 Å². The minimum Gasteiger partial charge on any atom is -0.322 e. The molecule has 0 spiro atoms. The van der Waals surface area contributed by atoms with E-state index in [9.17, 15) is 0 Å². The molecule has 1 aromatic heterocycles. The Morgan fingerprint density at radius 3 is 2.41 bits per heavy atom. The Morgan fingerprint density at radius 1 is 1.18 bits per heavy atom. The Hall–Kier alpha value is -1.68. The van der Waals surface area contributed by atoms with Gasteiger partial charge in [0, 0.05) is 0 Å². The lowest BCUT2D eigenvalue weighted by atomic mass is 9.86. The van der Waals surface area contributed by atoms with Crippen LogP contribution in [0.3, 0.4) is 0 Å². The number of hydrogen-bond donors (Lipinski definition) is 1. The van der Waals surface area contributed by atoms with Gasteiger partial charge >= 0.3 is 0 Å². The zero-order valence-corrected chi connectivity index (χ0v) is 10.5. The lowest BCUT2D eigenvalue weighted by molar-refractivity contribution is 0.320. The van der Waals surface area contributed by atoms with E-state index in [0.29, 0.717) is 0 Å². The van der Waals surface area contributed by atoms with Gasteiger partial charge in [0.2, 0.25) is 0 Å². The van der Waals surface area contributed by atoms with Crippen LogP contribution in [0.25, 0.3) is 5.69 Å². The van der Waals surface area contributed by atoms with Crippen molar-refractivity contribution in [3.63, 3.8) is 0 Å². The van der Waals surface area contributed by atoms with E-state index in [2.05, 4.69) is 31.0 Å². The zero-order chi connectivity index (χ0) is 12.5. The van der Waals surface area contributed by atoms with Gasteiger partial charge in [0.1, 0.15) is 5.69 Å².